The SMILES string of the molecule is COc1ccc(NC(=O)Cc2ccc(F)cc2)cc1S(=O)(=O)Nc1ccc(Br)cc1. The number of hydrogen-bond acceptors (Lipinski definition) is 4. The predicted octanol–water partition coefficient (Wildman–Crippen LogP) is 4.58. The Morgan fingerprint density at radius 2 is 1.63 bits per heavy atom. The first-order chi connectivity index (χ1) is 14.3. The average Bonchev–Trinajstić information content (AvgIpc) is 2.71. The van der Waals surface area contributed by atoms with Crippen LogP contribution in [0.5, 0.6) is 5.75 Å². The molecular formula is C21H18BrFN2O4S. The normalized spacial score (nSPS) is 11.0. The summed E-state index contributed by atoms with van der Waals surface area (Å²) in [6.45, 7) is 0. The zero-order valence-corrected chi connectivity index (χ0v) is 18.3. The van der Waals surface area contributed by atoms with E-state index in [1.165, 1.54) is 43.5 Å². The summed E-state index contributed by atoms with van der Waals surface area (Å²) in [7, 11) is -2.61. The van der Waals surface area contributed by atoms with E-state index in [1.807, 2.05) is 0 Å². The van der Waals surface area contributed by atoms with Crippen LogP contribution in [0.15, 0.2) is 76.1 Å². The van der Waals surface area contributed by atoms with Crippen molar-refractivity contribution in [3.8, 4) is 5.75 Å². The van der Waals surface area contributed by atoms with Crippen molar-refractivity contribution in [3.63, 3.8) is 0 Å². The number of nitrogens with one attached hydrogen (secondary N) is 2. The maximum atomic E-state index is 13.0. The quantitative estimate of drug-likeness (QED) is 0.505. The van der Waals surface area contributed by atoms with Crippen LogP contribution in [0.4, 0.5) is 15.8 Å². The van der Waals surface area contributed by atoms with Gasteiger partial charge in [0.2, 0.25) is 5.91 Å². The minimum Gasteiger partial charge on any atom is -0.495 e. The van der Waals surface area contributed by atoms with Crippen LogP contribution in [0.1, 0.15) is 5.56 Å². The monoisotopic (exact) mass is 492 g/mol. The van der Waals surface area contributed by atoms with Crippen LogP contribution >= 0.6 is 15.9 Å². The molecule has 6 nitrogen and oxygen atoms in total. The number of halogens is 2. The lowest BCUT2D eigenvalue weighted by Gasteiger charge is -2.14. The molecule has 3 aromatic carbocycles. The third-order valence-electron chi connectivity index (χ3n) is 4.11. The van der Waals surface area contributed by atoms with Crippen molar-refractivity contribution in [3.05, 3.63) is 82.6 Å². The molecule has 2 N–H and O–H groups in total. The predicted molar refractivity (Wildman–Crippen MR) is 117 cm³/mol. The first kappa shape index (κ1) is 21.8. The van der Waals surface area contributed by atoms with E-state index in [2.05, 4.69) is 26.0 Å². The Kier molecular flexibility index (Phi) is 6.73. The number of amides is 1. The summed E-state index contributed by atoms with van der Waals surface area (Å²) in [5, 5.41) is 2.65. The van der Waals surface area contributed by atoms with Gasteiger partial charge in [-0.25, -0.2) is 12.8 Å². The first-order valence-electron chi connectivity index (χ1n) is 8.77. The van der Waals surface area contributed by atoms with E-state index in [0.29, 0.717) is 16.9 Å². The fourth-order valence-corrected chi connectivity index (χ4v) is 4.20. The Morgan fingerprint density at radius 1 is 1.00 bits per heavy atom. The Bertz CT molecular complexity index is 1150. The average molecular weight is 493 g/mol. The summed E-state index contributed by atoms with van der Waals surface area (Å²) in [5.41, 5.74) is 1.30. The summed E-state index contributed by atoms with van der Waals surface area (Å²) < 4.78 is 47.2. The lowest BCUT2D eigenvalue weighted by atomic mass is 10.1. The van der Waals surface area contributed by atoms with E-state index in [1.54, 1.807) is 30.3 Å². The van der Waals surface area contributed by atoms with Crippen molar-refractivity contribution in [2.45, 2.75) is 11.3 Å². The van der Waals surface area contributed by atoms with Crippen molar-refractivity contribution in [2.24, 2.45) is 0 Å². The number of rotatable bonds is 7. The van der Waals surface area contributed by atoms with Crippen LogP contribution in [0, 0.1) is 5.82 Å². The van der Waals surface area contributed by atoms with Gasteiger partial charge in [0.25, 0.3) is 10.0 Å². The molecule has 0 aliphatic carbocycles. The van der Waals surface area contributed by atoms with Gasteiger partial charge in [0.05, 0.1) is 13.5 Å². The molecule has 0 aliphatic rings. The summed E-state index contributed by atoms with van der Waals surface area (Å²) in [5.74, 6) is -0.616. The highest BCUT2D eigenvalue weighted by Gasteiger charge is 2.21. The van der Waals surface area contributed by atoms with Crippen molar-refractivity contribution in [2.75, 3.05) is 17.1 Å². The number of ether oxygens (including phenoxy) is 1. The first-order valence-corrected chi connectivity index (χ1v) is 11.1. The molecule has 9 heteroatoms. The highest BCUT2D eigenvalue weighted by atomic mass is 79.9. The zero-order chi connectivity index (χ0) is 21.7. The van der Waals surface area contributed by atoms with Gasteiger partial charge in [-0.1, -0.05) is 28.1 Å². The van der Waals surface area contributed by atoms with Crippen LogP contribution in [-0.4, -0.2) is 21.4 Å². The third-order valence-corrected chi connectivity index (χ3v) is 6.04. The number of methoxy groups -OCH3 is 1. The van der Waals surface area contributed by atoms with Gasteiger partial charge in [-0.15, -0.1) is 0 Å². The van der Waals surface area contributed by atoms with Gasteiger partial charge in [-0.3, -0.25) is 9.52 Å². The van der Waals surface area contributed by atoms with E-state index in [9.17, 15) is 17.6 Å². The molecular weight excluding hydrogens is 475 g/mol. The van der Waals surface area contributed by atoms with Gasteiger partial charge in [0, 0.05) is 15.8 Å². The molecule has 0 unspecified atom stereocenters. The number of sulfonamides is 1. The van der Waals surface area contributed by atoms with E-state index in [-0.39, 0.29) is 28.8 Å². The van der Waals surface area contributed by atoms with Crippen LogP contribution in [0.2, 0.25) is 0 Å². The van der Waals surface area contributed by atoms with Gasteiger partial charge in [0.1, 0.15) is 16.5 Å². The summed E-state index contributed by atoms with van der Waals surface area (Å²) in [6, 6.07) is 16.5. The Balaban J connectivity index is 1.81. The molecule has 3 aromatic rings. The molecule has 0 radical (unpaired) electrons. The largest absolute Gasteiger partial charge is 0.495 e. The fourth-order valence-electron chi connectivity index (χ4n) is 2.69. The highest BCUT2D eigenvalue weighted by Crippen LogP contribution is 2.29. The molecule has 156 valence electrons. The van der Waals surface area contributed by atoms with Crippen LogP contribution in [0.3, 0.4) is 0 Å². The molecule has 0 saturated heterocycles. The van der Waals surface area contributed by atoms with E-state index in [0.717, 1.165) is 4.47 Å². The van der Waals surface area contributed by atoms with Crippen LogP contribution in [-0.2, 0) is 21.2 Å². The Labute approximate surface area is 182 Å². The van der Waals surface area contributed by atoms with Gasteiger partial charge < -0.3 is 10.1 Å². The van der Waals surface area contributed by atoms with Crippen LogP contribution in [0.25, 0.3) is 0 Å². The molecule has 0 spiro atoms. The minimum absolute atomic E-state index is 0.0194. The fraction of sp³-hybridized carbons (Fsp3) is 0.0952. The summed E-state index contributed by atoms with van der Waals surface area (Å²) >= 11 is 3.30. The van der Waals surface area contributed by atoms with Crippen LogP contribution < -0.4 is 14.8 Å². The second-order valence-corrected chi connectivity index (χ2v) is 8.90. The van der Waals surface area contributed by atoms with Crippen molar-refractivity contribution in [1.82, 2.24) is 0 Å². The maximum absolute atomic E-state index is 13.0. The molecule has 0 aliphatic heterocycles. The Morgan fingerprint density at radius 3 is 2.27 bits per heavy atom. The smallest absolute Gasteiger partial charge is 0.265 e. The number of benzene rings is 3. The molecule has 30 heavy (non-hydrogen) atoms. The molecule has 0 atom stereocenters. The molecule has 3 rings (SSSR count). The third kappa shape index (κ3) is 5.58. The van der Waals surface area contributed by atoms with Gasteiger partial charge in [0.15, 0.2) is 0 Å². The Hall–Kier alpha value is -2.91. The molecule has 1 amide bonds. The molecule has 0 heterocycles. The van der Waals surface area contributed by atoms with Crippen molar-refractivity contribution in [1.29, 1.82) is 0 Å². The summed E-state index contributed by atoms with van der Waals surface area (Å²) in [6.07, 6.45) is 0.0194. The van der Waals surface area contributed by atoms with Gasteiger partial charge >= 0.3 is 0 Å². The topological polar surface area (TPSA) is 84.5 Å². The molecule has 0 saturated carbocycles. The number of carbonyl (C=O) groups excluding carboxylic acids is 1. The number of anilines is 2. The number of hydrogen-bond donors (Lipinski definition) is 2. The van der Waals surface area contributed by atoms with Crippen molar-refractivity contribution >= 4 is 43.2 Å². The maximum Gasteiger partial charge on any atom is 0.265 e. The van der Waals surface area contributed by atoms with E-state index >= 15 is 0 Å². The van der Waals surface area contributed by atoms with E-state index in [4.69, 9.17) is 4.74 Å². The highest BCUT2D eigenvalue weighted by molar-refractivity contribution is 9.10. The van der Waals surface area contributed by atoms with Gasteiger partial charge in [-0.05, 0) is 60.2 Å². The lowest BCUT2D eigenvalue weighted by molar-refractivity contribution is -0.115. The van der Waals surface area contributed by atoms with Crippen molar-refractivity contribution < 1.29 is 22.3 Å². The standard InChI is InChI=1S/C21H18BrFN2O4S/c1-29-19-11-10-18(24-21(26)12-14-2-6-16(23)7-3-14)13-20(19)30(27,28)25-17-8-4-15(22)5-9-17/h2-11,13,25H,12H2,1H3,(H,24,26). The summed E-state index contributed by atoms with van der Waals surface area (Å²) in [4.78, 5) is 12.2. The second-order valence-electron chi connectivity index (χ2n) is 6.33. The second kappa shape index (κ2) is 9.27. The molecule has 0 fully saturated rings. The number of carbonyl (C=O) groups is 1. The molecule has 0 aromatic heterocycles. The van der Waals surface area contributed by atoms with Gasteiger partial charge in [-0.2, -0.15) is 0 Å². The zero-order valence-electron chi connectivity index (χ0n) is 15.9. The van der Waals surface area contributed by atoms with E-state index < -0.39 is 10.0 Å². The minimum atomic E-state index is -3.97. The lowest BCUT2D eigenvalue weighted by Crippen LogP contribution is -2.17. The molecule has 0 bridgehead atoms.